The summed E-state index contributed by atoms with van der Waals surface area (Å²) in [4.78, 5) is 23.4. The zero-order chi connectivity index (χ0) is 22.5. The van der Waals surface area contributed by atoms with Gasteiger partial charge in [-0.05, 0) is 43.5 Å². The summed E-state index contributed by atoms with van der Waals surface area (Å²) >= 11 is 6.00. The Balaban J connectivity index is 1.41. The van der Waals surface area contributed by atoms with Crippen LogP contribution in [0.3, 0.4) is 0 Å². The van der Waals surface area contributed by atoms with Crippen molar-refractivity contribution in [1.29, 1.82) is 0 Å². The first kappa shape index (κ1) is 22.2. The lowest BCUT2D eigenvalue weighted by molar-refractivity contribution is -0.121. The number of hydrogen-bond donors (Lipinski definition) is 1. The Morgan fingerprint density at radius 3 is 2.72 bits per heavy atom. The van der Waals surface area contributed by atoms with Crippen LogP contribution in [-0.4, -0.2) is 52.0 Å². The topological polar surface area (TPSA) is 85.2 Å². The number of nitrogens with one attached hydrogen (secondary N) is 1. The molecule has 1 saturated heterocycles. The van der Waals surface area contributed by atoms with Crippen LogP contribution in [0.5, 0.6) is 0 Å². The van der Waals surface area contributed by atoms with Gasteiger partial charge in [0.05, 0.1) is 18.9 Å². The fraction of sp³-hybridized carbons (Fsp3) is 0.391. The number of carbonyl (C=O) groups is 1. The van der Waals surface area contributed by atoms with E-state index in [0.29, 0.717) is 37.6 Å². The van der Waals surface area contributed by atoms with E-state index in [1.807, 2.05) is 48.9 Å². The van der Waals surface area contributed by atoms with Crippen molar-refractivity contribution in [2.75, 3.05) is 31.2 Å². The number of rotatable bonds is 7. The summed E-state index contributed by atoms with van der Waals surface area (Å²) in [6.45, 7) is 7.45. The minimum atomic E-state index is -0.00633. The molecule has 3 aromatic rings. The highest BCUT2D eigenvalue weighted by atomic mass is 35.5. The molecule has 0 spiro atoms. The molecular formula is C23H27ClN6O2. The lowest BCUT2D eigenvalue weighted by Crippen LogP contribution is -2.36. The molecule has 4 rings (SSSR count). The van der Waals surface area contributed by atoms with Gasteiger partial charge in [0.25, 0.3) is 0 Å². The average molecular weight is 455 g/mol. The number of benzene rings is 1. The Morgan fingerprint density at radius 2 is 1.94 bits per heavy atom. The third kappa shape index (κ3) is 5.26. The minimum absolute atomic E-state index is 0.00633. The number of halogens is 1. The second-order valence-electron chi connectivity index (χ2n) is 7.80. The van der Waals surface area contributed by atoms with E-state index < -0.39 is 0 Å². The van der Waals surface area contributed by atoms with Crippen molar-refractivity contribution in [3.63, 3.8) is 0 Å². The number of amides is 1. The monoisotopic (exact) mass is 454 g/mol. The van der Waals surface area contributed by atoms with Crippen molar-refractivity contribution in [1.82, 2.24) is 25.1 Å². The number of morpholine rings is 1. The number of carbonyl (C=O) groups excluding carboxylic acids is 1. The highest BCUT2D eigenvalue weighted by molar-refractivity contribution is 6.30. The Hall–Kier alpha value is -2.97. The quantitative estimate of drug-likeness (QED) is 0.590. The first-order valence-electron chi connectivity index (χ1n) is 10.7. The van der Waals surface area contributed by atoms with Crippen LogP contribution in [0, 0.1) is 13.8 Å². The highest BCUT2D eigenvalue weighted by Crippen LogP contribution is 2.21. The predicted octanol–water partition coefficient (Wildman–Crippen LogP) is 3.02. The molecule has 1 aliphatic heterocycles. The van der Waals surface area contributed by atoms with E-state index in [-0.39, 0.29) is 5.91 Å². The van der Waals surface area contributed by atoms with Crippen LogP contribution in [0.15, 0.2) is 36.7 Å². The van der Waals surface area contributed by atoms with Gasteiger partial charge in [-0.25, -0.2) is 14.6 Å². The second kappa shape index (κ2) is 10.1. The van der Waals surface area contributed by atoms with Gasteiger partial charge in [-0.1, -0.05) is 23.7 Å². The molecular weight excluding hydrogens is 428 g/mol. The van der Waals surface area contributed by atoms with Crippen LogP contribution in [0.25, 0.3) is 5.82 Å². The molecule has 1 aromatic carbocycles. The maximum atomic E-state index is 12.4. The standard InChI is InChI=1S/C23H27ClN6O2/c1-16-20(6-7-23(31)25-14-18-4-3-5-19(24)12-18)17(2)30(28-16)22-13-21(26-15-27-22)29-8-10-32-11-9-29/h3-5,12-13,15H,6-11,14H2,1-2H3,(H,25,31). The van der Waals surface area contributed by atoms with Crippen LogP contribution in [0.2, 0.25) is 5.02 Å². The van der Waals surface area contributed by atoms with Crippen LogP contribution in [-0.2, 0) is 22.5 Å². The number of nitrogens with zero attached hydrogens (tertiary/aromatic N) is 5. The minimum Gasteiger partial charge on any atom is -0.378 e. The summed E-state index contributed by atoms with van der Waals surface area (Å²) in [7, 11) is 0. The lowest BCUT2D eigenvalue weighted by Gasteiger charge is -2.27. The van der Waals surface area contributed by atoms with E-state index in [2.05, 4.69) is 25.3 Å². The first-order chi connectivity index (χ1) is 15.5. The molecule has 1 amide bonds. The predicted molar refractivity (Wildman–Crippen MR) is 123 cm³/mol. The first-order valence-corrected chi connectivity index (χ1v) is 11.1. The van der Waals surface area contributed by atoms with Crippen molar-refractivity contribution in [2.45, 2.75) is 33.2 Å². The number of aromatic nitrogens is 4. The number of ether oxygens (including phenoxy) is 1. The van der Waals surface area contributed by atoms with Crippen LogP contribution in [0.4, 0.5) is 5.82 Å². The smallest absolute Gasteiger partial charge is 0.220 e. The fourth-order valence-corrected chi connectivity index (χ4v) is 4.07. The van der Waals surface area contributed by atoms with Gasteiger partial charge in [0.1, 0.15) is 12.1 Å². The summed E-state index contributed by atoms with van der Waals surface area (Å²) in [6, 6.07) is 9.44. The van der Waals surface area contributed by atoms with Crippen molar-refractivity contribution in [3.05, 3.63) is 64.2 Å². The molecule has 2 aromatic heterocycles. The summed E-state index contributed by atoms with van der Waals surface area (Å²) in [5.41, 5.74) is 3.92. The molecule has 1 N–H and O–H groups in total. The van der Waals surface area contributed by atoms with Crippen LogP contribution in [0.1, 0.15) is 28.9 Å². The Labute approximate surface area is 192 Å². The van der Waals surface area contributed by atoms with Gasteiger partial charge in [0.15, 0.2) is 5.82 Å². The Kier molecular flexibility index (Phi) is 7.02. The molecule has 32 heavy (non-hydrogen) atoms. The van der Waals surface area contributed by atoms with Crippen LogP contribution < -0.4 is 10.2 Å². The molecule has 9 heteroatoms. The zero-order valence-corrected chi connectivity index (χ0v) is 19.1. The van der Waals surface area contributed by atoms with Crippen molar-refractivity contribution in [3.8, 4) is 5.82 Å². The van der Waals surface area contributed by atoms with Gasteiger partial charge >= 0.3 is 0 Å². The molecule has 0 radical (unpaired) electrons. The lowest BCUT2D eigenvalue weighted by atomic mass is 10.1. The molecule has 3 heterocycles. The normalized spacial score (nSPS) is 13.9. The largest absolute Gasteiger partial charge is 0.378 e. The van der Waals surface area contributed by atoms with Gasteiger partial charge in [-0.2, -0.15) is 5.10 Å². The Morgan fingerprint density at radius 1 is 1.16 bits per heavy atom. The second-order valence-corrected chi connectivity index (χ2v) is 8.24. The van der Waals surface area contributed by atoms with Crippen molar-refractivity contribution in [2.24, 2.45) is 0 Å². The molecule has 8 nitrogen and oxygen atoms in total. The van der Waals surface area contributed by atoms with Crippen LogP contribution >= 0.6 is 11.6 Å². The van der Waals surface area contributed by atoms with E-state index in [0.717, 1.165) is 47.2 Å². The third-order valence-electron chi connectivity index (χ3n) is 5.61. The highest BCUT2D eigenvalue weighted by Gasteiger charge is 2.17. The molecule has 0 atom stereocenters. The maximum Gasteiger partial charge on any atom is 0.220 e. The zero-order valence-electron chi connectivity index (χ0n) is 18.3. The molecule has 1 aliphatic rings. The van der Waals surface area contributed by atoms with E-state index in [9.17, 15) is 4.79 Å². The van der Waals surface area contributed by atoms with Crippen molar-refractivity contribution < 1.29 is 9.53 Å². The molecule has 0 saturated carbocycles. The average Bonchev–Trinajstić information content (AvgIpc) is 3.10. The van der Waals surface area contributed by atoms with Gasteiger partial charge in [-0.15, -0.1) is 0 Å². The molecule has 168 valence electrons. The maximum absolute atomic E-state index is 12.4. The van der Waals surface area contributed by atoms with Gasteiger partial charge < -0.3 is 15.0 Å². The van der Waals surface area contributed by atoms with Crippen molar-refractivity contribution >= 4 is 23.3 Å². The fourth-order valence-electron chi connectivity index (χ4n) is 3.85. The summed E-state index contributed by atoms with van der Waals surface area (Å²) in [5.74, 6) is 1.58. The summed E-state index contributed by atoms with van der Waals surface area (Å²) in [5, 5.41) is 8.31. The van der Waals surface area contributed by atoms with E-state index >= 15 is 0 Å². The van der Waals surface area contributed by atoms with Gasteiger partial charge in [0.2, 0.25) is 5.91 Å². The molecule has 0 aliphatic carbocycles. The molecule has 0 unspecified atom stereocenters. The Bertz CT molecular complexity index is 1090. The van der Waals surface area contributed by atoms with Gasteiger partial charge in [-0.3, -0.25) is 4.79 Å². The summed E-state index contributed by atoms with van der Waals surface area (Å²) < 4.78 is 7.26. The van der Waals surface area contributed by atoms with E-state index in [4.69, 9.17) is 16.3 Å². The number of anilines is 1. The summed E-state index contributed by atoms with van der Waals surface area (Å²) in [6.07, 6.45) is 2.57. The van der Waals surface area contributed by atoms with E-state index in [1.165, 1.54) is 0 Å². The number of aryl methyl sites for hydroxylation is 1. The van der Waals surface area contributed by atoms with Gasteiger partial charge in [0, 0.05) is 42.8 Å². The third-order valence-corrected chi connectivity index (χ3v) is 5.85. The molecule has 1 fully saturated rings. The molecule has 0 bridgehead atoms. The SMILES string of the molecule is Cc1nn(-c2cc(N3CCOCC3)ncn2)c(C)c1CCC(=O)NCc1cccc(Cl)c1. The number of hydrogen-bond acceptors (Lipinski definition) is 6. The van der Waals surface area contributed by atoms with E-state index in [1.54, 1.807) is 6.33 Å².